The van der Waals surface area contributed by atoms with Crippen molar-refractivity contribution in [2.75, 3.05) is 45.1 Å². The molecule has 3 aromatic rings. The number of aromatic nitrogens is 1. The summed E-state index contributed by atoms with van der Waals surface area (Å²) in [6.07, 6.45) is 0. The number of fused-ring (bicyclic) bond motifs is 2. The maximum absolute atomic E-state index is 13.1. The predicted octanol–water partition coefficient (Wildman–Crippen LogP) is 2.69. The summed E-state index contributed by atoms with van der Waals surface area (Å²) < 4.78 is 40.5. The van der Waals surface area contributed by atoms with Crippen molar-refractivity contribution in [1.29, 1.82) is 0 Å². The minimum atomic E-state index is -3.67. The summed E-state index contributed by atoms with van der Waals surface area (Å²) in [6, 6.07) is 12.6. The van der Waals surface area contributed by atoms with Crippen molar-refractivity contribution >= 4 is 49.2 Å². The van der Waals surface area contributed by atoms with E-state index in [2.05, 4.69) is 4.98 Å². The summed E-state index contributed by atoms with van der Waals surface area (Å²) in [5.41, 5.74) is 0.936. The quantitative estimate of drug-likeness (QED) is 0.507. The molecule has 0 N–H and O–H groups in total. The number of carbonyl (C=O) groups is 1. The van der Waals surface area contributed by atoms with E-state index >= 15 is 0 Å². The van der Waals surface area contributed by atoms with Crippen LogP contribution in [0.2, 0.25) is 0 Å². The van der Waals surface area contributed by atoms with Gasteiger partial charge in [0.2, 0.25) is 15.9 Å². The number of hydrogen-bond donors (Lipinski definition) is 0. The Morgan fingerprint density at radius 3 is 2.56 bits per heavy atom. The molecule has 1 amide bonds. The molecule has 1 saturated heterocycles. The number of amides is 1. The van der Waals surface area contributed by atoms with Crippen molar-refractivity contribution in [3.63, 3.8) is 0 Å². The van der Waals surface area contributed by atoms with Crippen molar-refractivity contribution in [2.24, 2.45) is 0 Å². The van der Waals surface area contributed by atoms with Gasteiger partial charge in [-0.25, -0.2) is 13.4 Å². The highest BCUT2D eigenvalue weighted by atomic mass is 32.2. The van der Waals surface area contributed by atoms with Crippen LogP contribution in [0.4, 0.5) is 0 Å². The molecule has 11 heteroatoms. The monoisotopic (exact) mass is 491 g/mol. The standard InChI is InChI=1S/C21H21N3O5S3/c25-20(14-30-21-22-16-3-1-2-4-19(16)31-21)23-7-9-24(10-8-23)32(26,27)15-5-6-17-18(13-15)29-12-11-28-17/h1-6,13H,7-12,14H2. The topological polar surface area (TPSA) is 89.0 Å². The zero-order valence-electron chi connectivity index (χ0n) is 17.1. The third kappa shape index (κ3) is 4.29. The van der Waals surface area contributed by atoms with Crippen LogP contribution >= 0.6 is 23.1 Å². The van der Waals surface area contributed by atoms with Crippen molar-refractivity contribution in [1.82, 2.24) is 14.2 Å². The van der Waals surface area contributed by atoms with Gasteiger partial charge in [-0.15, -0.1) is 11.3 Å². The van der Waals surface area contributed by atoms with Gasteiger partial charge in [-0.1, -0.05) is 23.9 Å². The third-order valence-electron chi connectivity index (χ3n) is 5.34. The molecule has 3 heterocycles. The van der Waals surface area contributed by atoms with Gasteiger partial charge >= 0.3 is 0 Å². The number of hydrogen-bond acceptors (Lipinski definition) is 8. The molecule has 8 nitrogen and oxygen atoms in total. The minimum absolute atomic E-state index is 0.00867. The smallest absolute Gasteiger partial charge is 0.243 e. The van der Waals surface area contributed by atoms with E-state index in [1.165, 1.54) is 28.2 Å². The average Bonchev–Trinajstić information content (AvgIpc) is 3.25. The molecule has 2 aliphatic heterocycles. The number of piperazine rings is 1. The number of nitrogens with zero attached hydrogens (tertiary/aromatic N) is 3. The van der Waals surface area contributed by atoms with Gasteiger partial charge in [-0.2, -0.15) is 4.31 Å². The van der Waals surface area contributed by atoms with Crippen LogP contribution in [0.25, 0.3) is 10.2 Å². The summed E-state index contributed by atoms with van der Waals surface area (Å²) in [5, 5.41) is 0. The van der Waals surface area contributed by atoms with E-state index < -0.39 is 10.0 Å². The van der Waals surface area contributed by atoms with Gasteiger partial charge in [0.05, 0.1) is 20.9 Å². The van der Waals surface area contributed by atoms with Crippen LogP contribution in [0.1, 0.15) is 0 Å². The van der Waals surface area contributed by atoms with E-state index in [4.69, 9.17) is 9.47 Å². The van der Waals surface area contributed by atoms with Gasteiger partial charge in [0.15, 0.2) is 15.8 Å². The molecule has 0 unspecified atom stereocenters. The molecule has 1 aromatic heterocycles. The lowest BCUT2D eigenvalue weighted by Crippen LogP contribution is -2.50. The molecule has 0 atom stereocenters. The number of ether oxygens (including phenoxy) is 2. The van der Waals surface area contributed by atoms with Gasteiger partial charge in [-0.05, 0) is 24.3 Å². The van der Waals surface area contributed by atoms with E-state index in [0.717, 1.165) is 14.6 Å². The Morgan fingerprint density at radius 1 is 1.03 bits per heavy atom. The molecule has 0 radical (unpaired) electrons. The number of thiazole rings is 1. The van der Waals surface area contributed by atoms with Gasteiger partial charge < -0.3 is 14.4 Å². The lowest BCUT2D eigenvalue weighted by atomic mass is 10.3. The Bertz CT molecular complexity index is 1220. The van der Waals surface area contributed by atoms with E-state index in [1.807, 2.05) is 24.3 Å². The van der Waals surface area contributed by atoms with Crippen molar-refractivity contribution in [3.05, 3.63) is 42.5 Å². The Balaban J connectivity index is 1.18. The van der Waals surface area contributed by atoms with Gasteiger partial charge in [-0.3, -0.25) is 4.79 Å². The Morgan fingerprint density at radius 2 is 1.78 bits per heavy atom. The number of rotatable bonds is 5. The summed E-state index contributed by atoms with van der Waals surface area (Å²) >= 11 is 2.99. The fourth-order valence-corrected chi connectivity index (χ4v) is 7.05. The van der Waals surface area contributed by atoms with Crippen LogP contribution in [0.5, 0.6) is 11.5 Å². The molecule has 0 bridgehead atoms. The Labute approximate surface area is 194 Å². The molecule has 1 fully saturated rings. The minimum Gasteiger partial charge on any atom is -0.486 e. The lowest BCUT2D eigenvalue weighted by molar-refractivity contribution is -0.129. The summed E-state index contributed by atoms with van der Waals surface area (Å²) in [5.74, 6) is 1.27. The second-order valence-corrected chi connectivity index (χ2v) is 11.5. The van der Waals surface area contributed by atoms with Crippen molar-refractivity contribution < 1.29 is 22.7 Å². The normalized spacial score (nSPS) is 16.9. The summed E-state index contributed by atoms with van der Waals surface area (Å²) in [4.78, 5) is 19.1. The van der Waals surface area contributed by atoms with E-state index in [9.17, 15) is 13.2 Å². The molecule has 32 heavy (non-hydrogen) atoms. The van der Waals surface area contributed by atoms with Crippen LogP contribution in [0.3, 0.4) is 0 Å². The first kappa shape index (κ1) is 21.5. The Kier molecular flexibility index (Phi) is 5.97. The Hall–Kier alpha value is -2.34. The van der Waals surface area contributed by atoms with E-state index in [-0.39, 0.29) is 29.6 Å². The zero-order valence-corrected chi connectivity index (χ0v) is 19.5. The number of carbonyl (C=O) groups excluding carboxylic acids is 1. The second-order valence-electron chi connectivity index (χ2n) is 7.33. The largest absolute Gasteiger partial charge is 0.486 e. The second kappa shape index (κ2) is 8.89. The zero-order chi connectivity index (χ0) is 22.1. The molecule has 0 aliphatic carbocycles. The maximum atomic E-state index is 13.1. The highest BCUT2D eigenvalue weighted by Crippen LogP contribution is 2.33. The van der Waals surface area contributed by atoms with Gasteiger partial charge in [0.1, 0.15) is 13.2 Å². The molecule has 0 spiro atoms. The molecule has 0 saturated carbocycles. The average molecular weight is 492 g/mol. The number of para-hydroxylation sites is 1. The third-order valence-corrected chi connectivity index (χ3v) is 9.39. The molecular formula is C21H21N3O5S3. The molecule has 2 aliphatic rings. The molecule has 5 rings (SSSR count). The highest BCUT2D eigenvalue weighted by molar-refractivity contribution is 8.01. The SMILES string of the molecule is O=C(CSc1nc2ccccc2s1)N1CCN(S(=O)(=O)c2ccc3c(c2)OCCO3)CC1. The first-order chi connectivity index (χ1) is 15.5. The highest BCUT2D eigenvalue weighted by Gasteiger charge is 2.31. The molecule has 2 aromatic carbocycles. The first-order valence-corrected chi connectivity index (χ1v) is 13.4. The summed E-state index contributed by atoms with van der Waals surface area (Å²) in [6.45, 7) is 2.09. The molecular weight excluding hydrogens is 470 g/mol. The van der Waals surface area contributed by atoms with Crippen LogP contribution in [-0.2, 0) is 14.8 Å². The van der Waals surface area contributed by atoms with E-state index in [1.54, 1.807) is 22.3 Å². The first-order valence-electron chi connectivity index (χ1n) is 10.2. The fourth-order valence-electron chi connectivity index (χ4n) is 3.64. The van der Waals surface area contributed by atoms with Crippen LogP contribution in [0.15, 0.2) is 51.7 Å². The lowest BCUT2D eigenvalue weighted by Gasteiger charge is -2.34. The van der Waals surface area contributed by atoms with Crippen molar-refractivity contribution in [2.45, 2.75) is 9.24 Å². The van der Waals surface area contributed by atoms with Crippen LogP contribution in [0, 0.1) is 0 Å². The maximum Gasteiger partial charge on any atom is 0.243 e. The number of thioether (sulfide) groups is 1. The summed E-state index contributed by atoms with van der Waals surface area (Å²) in [7, 11) is -3.67. The number of benzene rings is 2. The fraction of sp³-hybridized carbons (Fsp3) is 0.333. The predicted molar refractivity (Wildman–Crippen MR) is 123 cm³/mol. The van der Waals surface area contributed by atoms with E-state index in [0.29, 0.717) is 37.8 Å². The van der Waals surface area contributed by atoms with Gasteiger partial charge in [0.25, 0.3) is 0 Å². The molecule has 168 valence electrons. The van der Waals surface area contributed by atoms with Crippen molar-refractivity contribution in [3.8, 4) is 11.5 Å². The van der Waals surface area contributed by atoms with Crippen LogP contribution < -0.4 is 9.47 Å². The number of sulfonamides is 1. The van der Waals surface area contributed by atoms with Crippen LogP contribution in [-0.4, -0.2) is 73.7 Å². The van der Waals surface area contributed by atoms with Gasteiger partial charge in [0, 0.05) is 32.2 Å².